The predicted molar refractivity (Wildman–Crippen MR) is 94.7 cm³/mol. The van der Waals surface area contributed by atoms with Gasteiger partial charge in [0.15, 0.2) is 11.6 Å². The molecule has 2 aromatic carbocycles. The molecule has 0 radical (unpaired) electrons. The van der Waals surface area contributed by atoms with E-state index in [1.165, 1.54) is 11.9 Å². The summed E-state index contributed by atoms with van der Waals surface area (Å²) < 4.78 is 0. The number of benzene rings is 2. The minimum Gasteiger partial charge on any atom is -0.393 e. The number of para-hydroxylation sites is 1. The van der Waals surface area contributed by atoms with Gasteiger partial charge < -0.3 is 16.4 Å². The Morgan fingerprint density at radius 2 is 1.61 bits per heavy atom. The van der Waals surface area contributed by atoms with Crippen LogP contribution in [-0.4, -0.2) is 9.97 Å². The molecule has 0 fully saturated rings. The van der Waals surface area contributed by atoms with Gasteiger partial charge in [-0.25, -0.2) is 9.97 Å². The zero-order chi connectivity index (χ0) is 16.1. The van der Waals surface area contributed by atoms with Gasteiger partial charge in [-0.05, 0) is 24.1 Å². The van der Waals surface area contributed by atoms with Crippen molar-refractivity contribution in [2.24, 2.45) is 0 Å². The van der Waals surface area contributed by atoms with Gasteiger partial charge >= 0.3 is 0 Å². The number of nitrogen functional groups attached to an aromatic ring is 1. The molecule has 0 saturated heterocycles. The smallest absolute Gasteiger partial charge is 0.159 e. The summed E-state index contributed by atoms with van der Waals surface area (Å²) >= 11 is 0. The first-order valence-corrected chi connectivity index (χ1v) is 7.45. The molecule has 0 bridgehead atoms. The molecule has 0 saturated carbocycles. The highest BCUT2D eigenvalue weighted by molar-refractivity contribution is 5.78. The number of nitrogens with one attached hydrogen (secondary N) is 2. The number of hydrogen-bond acceptors (Lipinski definition) is 5. The molecule has 0 aliphatic heterocycles. The summed E-state index contributed by atoms with van der Waals surface area (Å²) in [6.45, 7) is 2.69. The summed E-state index contributed by atoms with van der Waals surface area (Å²) in [6, 6.07) is 18.1. The fraction of sp³-hybridized carbons (Fsp3) is 0.111. The van der Waals surface area contributed by atoms with Gasteiger partial charge in [-0.1, -0.05) is 48.5 Å². The largest absolute Gasteiger partial charge is 0.393 e. The van der Waals surface area contributed by atoms with E-state index >= 15 is 0 Å². The van der Waals surface area contributed by atoms with Crippen LogP contribution in [0.2, 0.25) is 0 Å². The minimum absolute atomic E-state index is 0.506. The van der Waals surface area contributed by atoms with Crippen LogP contribution in [0.5, 0.6) is 0 Å². The standard InChI is InChI=1S/C18H19N5/c1-13-7-5-6-10-15(13)23-18-16(19)17(21-12-22-18)20-11-14-8-3-2-4-9-14/h2-10,12H,11,19H2,1H3,(H2,20,21,22,23). The van der Waals surface area contributed by atoms with E-state index in [1.54, 1.807) is 0 Å². The Labute approximate surface area is 135 Å². The van der Waals surface area contributed by atoms with Crippen molar-refractivity contribution in [3.63, 3.8) is 0 Å². The van der Waals surface area contributed by atoms with Crippen molar-refractivity contribution in [3.05, 3.63) is 72.1 Å². The van der Waals surface area contributed by atoms with Crippen LogP contribution in [0.4, 0.5) is 23.0 Å². The second-order valence-electron chi connectivity index (χ2n) is 5.26. The molecule has 5 nitrogen and oxygen atoms in total. The summed E-state index contributed by atoms with van der Waals surface area (Å²) in [6.07, 6.45) is 1.50. The molecule has 0 aliphatic carbocycles. The number of rotatable bonds is 5. The summed E-state index contributed by atoms with van der Waals surface area (Å²) in [5, 5.41) is 6.52. The van der Waals surface area contributed by atoms with Gasteiger partial charge in [0, 0.05) is 12.2 Å². The van der Waals surface area contributed by atoms with Crippen molar-refractivity contribution in [2.75, 3.05) is 16.4 Å². The first-order valence-electron chi connectivity index (χ1n) is 7.45. The van der Waals surface area contributed by atoms with E-state index in [0.29, 0.717) is 23.9 Å². The van der Waals surface area contributed by atoms with Gasteiger partial charge in [0.2, 0.25) is 0 Å². The Morgan fingerprint density at radius 3 is 2.39 bits per heavy atom. The first kappa shape index (κ1) is 14.8. The van der Waals surface area contributed by atoms with E-state index in [2.05, 4.69) is 32.7 Å². The molecule has 0 spiro atoms. The van der Waals surface area contributed by atoms with Gasteiger partial charge in [-0.2, -0.15) is 0 Å². The molecule has 116 valence electrons. The fourth-order valence-corrected chi connectivity index (χ4v) is 2.26. The van der Waals surface area contributed by atoms with Crippen LogP contribution in [0.3, 0.4) is 0 Å². The summed E-state index contributed by atoms with van der Waals surface area (Å²) in [5.41, 5.74) is 9.97. The lowest BCUT2D eigenvalue weighted by atomic mass is 10.2. The highest BCUT2D eigenvalue weighted by Gasteiger charge is 2.09. The predicted octanol–water partition coefficient (Wildman–Crippen LogP) is 3.72. The Hall–Kier alpha value is -3.08. The van der Waals surface area contributed by atoms with Crippen LogP contribution < -0.4 is 16.4 Å². The molecular weight excluding hydrogens is 286 g/mol. The molecular formula is C18H19N5. The van der Waals surface area contributed by atoms with E-state index in [-0.39, 0.29) is 0 Å². The van der Waals surface area contributed by atoms with Crippen LogP contribution in [-0.2, 0) is 6.54 Å². The van der Waals surface area contributed by atoms with Gasteiger partial charge in [0.1, 0.15) is 12.0 Å². The summed E-state index contributed by atoms with van der Waals surface area (Å²) in [7, 11) is 0. The average Bonchev–Trinajstić information content (AvgIpc) is 2.58. The van der Waals surface area contributed by atoms with Crippen LogP contribution in [0.1, 0.15) is 11.1 Å². The third-order valence-electron chi connectivity index (χ3n) is 3.58. The molecule has 0 unspecified atom stereocenters. The Balaban J connectivity index is 1.77. The van der Waals surface area contributed by atoms with Gasteiger partial charge in [-0.3, -0.25) is 0 Å². The number of hydrogen-bond donors (Lipinski definition) is 3. The molecule has 4 N–H and O–H groups in total. The zero-order valence-electron chi connectivity index (χ0n) is 13.0. The number of nitrogens with two attached hydrogens (primary N) is 1. The lowest BCUT2D eigenvalue weighted by Crippen LogP contribution is -2.08. The van der Waals surface area contributed by atoms with Crippen LogP contribution in [0.15, 0.2) is 60.9 Å². The lowest BCUT2D eigenvalue weighted by Gasteiger charge is -2.13. The second kappa shape index (κ2) is 6.79. The van der Waals surface area contributed by atoms with Gasteiger partial charge in [-0.15, -0.1) is 0 Å². The molecule has 3 aromatic rings. The van der Waals surface area contributed by atoms with E-state index in [9.17, 15) is 0 Å². The maximum atomic E-state index is 6.20. The monoisotopic (exact) mass is 305 g/mol. The van der Waals surface area contributed by atoms with Crippen molar-refractivity contribution < 1.29 is 0 Å². The maximum Gasteiger partial charge on any atom is 0.159 e. The lowest BCUT2D eigenvalue weighted by molar-refractivity contribution is 1.09. The quantitative estimate of drug-likeness (QED) is 0.669. The van der Waals surface area contributed by atoms with Gasteiger partial charge in [0.05, 0.1) is 0 Å². The minimum atomic E-state index is 0.506. The summed E-state index contributed by atoms with van der Waals surface area (Å²) in [5.74, 6) is 1.23. The SMILES string of the molecule is Cc1ccccc1Nc1ncnc(NCc2ccccc2)c1N. The molecule has 1 heterocycles. The average molecular weight is 305 g/mol. The number of aryl methyl sites for hydroxylation is 1. The van der Waals surface area contributed by atoms with E-state index in [4.69, 9.17) is 5.73 Å². The van der Waals surface area contributed by atoms with Crippen molar-refractivity contribution in [3.8, 4) is 0 Å². The first-order chi connectivity index (χ1) is 11.2. The Morgan fingerprint density at radius 1 is 0.913 bits per heavy atom. The Bertz CT molecular complexity index is 786. The zero-order valence-corrected chi connectivity index (χ0v) is 13.0. The second-order valence-corrected chi connectivity index (χ2v) is 5.26. The van der Waals surface area contributed by atoms with Crippen molar-refractivity contribution in [1.82, 2.24) is 9.97 Å². The normalized spacial score (nSPS) is 10.3. The van der Waals surface area contributed by atoms with E-state index < -0.39 is 0 Å². The fourth-order valence-electron chi connectivity index (χ4n) is 2.26. The van der Waals surface area contributed by atoms with Crippen LogP contribution >= 0.6 is 0 Å². The third-order valence-corrected chi connectivity index (χ3v) is 3.58. The van der Waals surface area contributed by atoms with E-state index in [0.717, 1.165) is 11.3 Å². The van der Waals surface area contributed by atoms with Crippen LogP contribution in [0, 0.1) is 6.92 Å². The molecule has 1 aromatic heterocycles. The summed E-state index contributed by atoms with van der Waals surface area (Å²) in [4.78, 5) is 8.47. The van der Waals surface area contributed by atoms with Gasteiger partial charge in [0.25, 0.3) is 0 Å². The molecule has 0 aliphatic rings. The number of anilines is 4. The third kappa shape index (κ3) is 3.58. The molecule has 23 heavy (non-hydrogen) atoms. The number of aromatic nitrogens is 2. The van der Waals surface area contributed by atoms with Crippen molar-refractivity contribution in [2.45, 2.75) is 13.5 Å². The van der Waals surface area contributed by atoms with Crippen molar-refractivity contribution in [1.29, 1.82) is 0 Å². The highest BCUT2D eigenvalue weighted by atomic mass is 15.1. The topological polar surface area (TPSA) is 75.9 Å². The maximum absolute atomic E-state index is 6.20. The Kier molecular flexibility index (Phi) is 4.38. The highest BCUT2D eigenvalue weighted by Crippen LogP contribution is 2.27. The molecule has 0 atom stereocenters. The van der Waals surface area contributed by atoms with Crippen LogP contribution in [0.25, 0.3) is 0 Å². The van der Waals surface area contributed by atoms with Crippen molar-refractivity contribution >= 4 is 23.0 Å². The van der Waals surface area contributed by atoms with E-state index in [1.807, 2.05) is 49.4 Å². The molecule has 3 rings (SSSR count). The molecule has 5 heteroatoms. The molecule has 0 amide bonds. The number of nitrogens with zero attached hydrogens (tertiary/aromatic N) is 2.